The number of carbonyl (C=O) groups excluding carboxylic acids is 2. The second-order valence-electron chi connectivity index (χ2n) is 6.00. The summed E-state index contributed by atoms with van der Waals surface area (Å²) in [5.41, 5.74) is 2.44. The van der Waals surface area contributed by atoms with Gasteiger partial charge < -0.3 is 19.5 Å². The number of para-hydroxylation sites is 2. The number of hydrogen-bond donors (Lipinski definition) is 1. The Labute approximate surface area is 145 Å². The number of fused-ring (bicyclic) bond motifs is 1. The van der Waals surface area contributed by atoms with Crippen molar-refractivity contribution < 1.29 is 18.8 Å². The van der Waals surface area contributed by atoms with Crippen molar-refractivity contribution in [3.05, 3.63) is 41.3 Å². The maximum absolute atomic E-state index is 12.8. The zero-order valence-corrected chi connectivity index (χ0v) is 14.5. The van der Waals surface area contributed by atoms with Crippen LogP contribution in [-0.2, 0) is 16.0 Å². The molecule has 132 valence electrons. The smallest absolute Gasteiger partial charge is 0.262 e. The van der Waals surface area contributed by atoms with Crippen LogP contribution in [0, 0.1) is 13.8 Å². The number of amides is 2. The number of carbonyl (C=O) groups is 2. The highest BCUT2D eigenvalue weighted by molar-refractivity contribution is 5.97. The lowest BCUT2D eigenvalue weighted by Gasteiger charge is -2.34. The summed E-state index contributed by atoms with van der Waals surface area (Å²) in [5, 5.41) is 6.49. The van der Waals surface area contributed by atoms with Gasteiger partial charge >= 0.3 is 0 Å². The summed E-state index contributed by atoms with van der Waals surface area (Å²) in [6.07, 6.45) is 0.130. The average molecular weight is 343 g/mol. The van der Waals surface area contributed by atoms with Crippen LogP contribution in [0.3, 0.4) is 0 Å². The van der Waals surface area contributed by atoms with Crippen LogP contribution in [0.25, 0.3) is 0 Å². The monoisotopic (exact) mass is 343 g/mol. The van der Waals surface area contributed by atoms with Crippen molar-refractivity contribution in [2.75, 3.05) is 18.5 Å². The van der Waals surface area contributed by atoms with E-state index in [9.17, 15) is 9.59 Å². The second-order valence-corrected chi connectivity index (χ2v) is 6.00. The molecule has 1 aliphatic heterocycles. The number of nitrogens with zero attached hydrogens (tertiary/aromatic N) is 2. The first-order chi connectivity index (χ1) is 12.0. The van der Waals surface area contributed by atoms with Crippen molar-refractivity contribution in [3.63, 3.8) is 0 Å². The van der Waals surface area contributed by atoms with Crippen LogP contribution < -0.4 is 15.0 Å². The Kier molecular flexibility index (Phi) is 4.74. The Hall–Kier alpha value is -2.83. The minimum atomic E-state index is -0.720. The first kappa shape index (κ1) is 17.0. The van der Waals surface area contributed by atoms with E-state index in [1.807, 2.05) is 32.0 Å². The molecule has 0 radical (unpaired) electrons. The van der Waals surface area contributed by atoms with E-state index in [0.29, 0.717) is 24.3 Å². The minimum absolute atomic E-state index is 0.0651. The van der Waals surface area contributed by atoms with Crippen molar-refractivity contribution in [2.45, 2.75) is 32.8 Å². The molecule has 0 fully saturated rings. The summed E-state index contributed by atoms with van der Waals surface area (Å²) in [7, 11) is 1.55. The lowest BCUT2D eigenvalue weighted by atomic mass is 10.1. The molecule has 1 aliphatic rings. The summed E-state index contributed by atoms with van der Waals surface area (Å²) < 4.78 is 10.9. The van der Waals surface area contributed by atoms with E-state index in [1.165, 1.54) is 0 Å². The fourth-order valence-corrected chi connectivity index (χ4v) is 2.99. The van der Waals surface area contributed by atoms with Gasteiger partial charge in [0, 0.05) is 19.0 Å². The number of aryl methyl sites for hydroxylation is 2. The summed E-state index contributed by atoms with van der Waals surface area (Å²) >= 11 is 0. The van der Waals surface area contributed by atoms with Crippen LogP contribution in [0.1, 0.15) is 23.4 Å². The van der Waals surface area contributed by atoms with Gasteiger partial charge in [-0.05, 0) is 32.4 Å². The second kappa shape index (κ2) is 6.96. The largest absolute Gasteiger partial charge is 0.477 e. The Morgan fingerprint density at radius 1 is 1.32 bits per heavy atom. The third-order valence-electron chi connectivity index (χ3n) is 4.38. The van der Waals surface area contributed by atoms with E-state index in [4.69, 9.17) is 9.26 Å². The maximum Gasteiger partial charge on any atom is 0.262 e. The zero-order chi connectivity index (χ0) is 18.0. The molecule has 1 atom stereocenters. The van der Waals surface area contributed by atoms with Crippen molar-refractivity contribution in [1.29, 1.82) is 0 Å². The van der Waals surface area contributed by atoms with E-state index >= 15 is 0 Å². The predicted octanol–water partition coefficient (Wildman–Crippen LogP) is 1.76. The van der Waals surface area contributed by atoms with Crippen molar-refractivity contribution in [3.8, 4) is 5.75 Å². The molecule has 25 heavy (non-hydrogen) atoms. The summed E-state index contributed by atoms with van der Waals surface area (Å²) in [6, 6.07) is 7.25. The maximum atomic E-state index is 12.8. The number of benzene rings is 1. The van der Waals surface area contributed by atoms with Crippen LogP contribution >= 0.6 is 0 Å². The molecule has 1 aromatic carbocycles. The number of anilines is 1. The number of ether oxygens (including phenoxy) is 1. The van der Waals surface area contributed by atoms with E-state index in [0.717, 1.165) is 17.0 Å². The molecular weight excluding hydrogens is 322 g/mol. The molecule has 7 nitrogen and oxygen atoms in total. The summed E-state index contributed by atoms with van der Waals surface area (Å²) in [4.78, 5) is 26.4. The highest BCUT2D eigenvalue weighted by atomic mass is 16.5. The summed E-state index contributed by atoms with van der Waals surface area (Å²) in [5.74, 6) is 0.951. The quantitative estimate of drug-likeness (QED) is 0.914. The van der Waals surface area contributed by atoms with Crippen LogP contribution in [0.4, 0.5) is 5.69 Å². The number of likely N-dealkylation sites (N-methyl/N-ethyl adjacent to an activating group) is 1. The van der Waals surface area contributed by atoms with Gasteiger partial charge in [-0.2, -0.15) is 0 Å². The van der Waals surface area contributed by atoms with Crippen molar-refractivity contribution >= 4 is 17.5 Å². The SMILES string of the molecule is CNC(=O)[C@H]1CN(C(=O)CCc2c(C)noc2C)c2ccccc2O1. The van der Waals surface area contributed by atoms with Crippen LogP contribution in [0.5, 0.6) is 5.75 Å². The highest BCUT2D eigenvalue weighted by Crippen LogP contribution is 2.33. The molecule has 1 aromatic heterocycles. The molecule has 0 saturated heterocycles. The van der Waals surface area contributed by atoms with Gasteiger partial charge in [-0.3, -0.25) is 9.59 Å². The third kappa shape index (κ3) is 3.35. The summed E-state index contributed by atoms with van der Waals surface area (Å²) in [6.45, 7) is 3.89. The van der Waals surface area contributed by atoms with Gasteiger partial charge in [0.2, 0.25) is 5.91 Å². The number of rotatable bonds is 4. The van der Waals surface area contributed by atoms with E-state index in [-0.39, 0.29) is 18.4 Å². The van der Waals surface area contributed by atoms with Gasteiger partial charge in [0.05, 0.1) is 17.9 Å². The normalized spacial score (nSPS) is 16.1. The highest BCUT2D eigenvalue weighted by Gasteiger charge is 2.33. The first-order valence-electron chi connectivity index (χ1n) is 8.20. The average Bonchev–Trinajstić information content (AvgIpc) is 2.95. The van der Waals surface area contributed by atoms with Crippen molar-refractivity contribution in [1.82, 2.24) is 10.5 Å². The molecule has 0 spiro atoms. The zero-order valence-electron chi connectivity index (χ0n) is 14.5. The standard InChI is InChI=1S/C18H21N3O4/c1-11-13(12(2)25-20-11)8-9-17(22)21-10-16(18(23)19-3)24-15-7-5-4-6-14(15)21/h4-7,16H,8-10H2,1-3H3,(H,19,23)/t16-/m1/s1. The van der Waals surface area contributed by atoms with Crippen LogP contribution in [-0.4, -0.2) is 36.7 Å². The first-order valence-corrected chi connectivity index (χ1v) is 8.20. The lowest BCUT2D eigenvalue weighted by Crippen LogP contribution is -2.50. The Balaban J connectivity index is 1.79. The van der Waals surface area contributed by atoms with Gasteiger partial charge in [-0.15, -0.1) is 0 Å². The molecule has 2 amide bonds. The topological polar surface area (TPSA) is 84.7 Å². The van der Waals surface area contributed by atoms with Crippen molar-refractivity contribution in [2.24, 2.45) is 0 Å². The number of hydrogen-bond acceptors (Lipinski definition) is 5. The van der Waals surface area contributed by atoms with Crippen LogP contribution in [0.2, 0.25) is 0 Å². The fourth-order valence-electron chi connectivity index (χ4n) is 2.99. The van der Waals surface area contributed by atoms with E-state index < -0.39 is 6.10 Å². The van der Waals surface area contributed by atoms with Gasteiger partial charge in [0.1, 0.15) is 11.5 Å². The van der Waals surface area contributed by atoms with E-state index in [1.54, 1.807) is 18.0 Å². The molecule has 2 heterocycles. The minimum Gasteiger partial charge on any atom is -0.477 e. The Morgan fingerprint density at radius 2 is 2.08 bits per heavy atom. The molecule has 0 aliphatic carbocycles. The predicted molar refractivity (Wildman–Crippen MR) is 91.6 cm³/mol. The molecule has 2 aromatic rings. The van der Waals surface area contributed by atoms with Crippen LogP contribution in [0.15, 0.2) is 28.8 Å². The number of nitrogens with one attached hydrogen (secondary N) is 1. The molecule has 0 saturated carbocycles. The van der Waals surface area contributed by atoms with Gasteiger partial charge in [-0.1, -0.05) is 17.3 Å². The Bertz CT molecular complexity index is 780. The van der Waals surface area contributed by atoms with Gasteiger partial charge in [-0.25, -0.2) is 0 Å². The molecule has 0 unspecified atom stereocenters. The molecule has 3 rings (SSSR count). The molecular formula is C18H21N3O4. The van der Waals surface area contributed by atoms with E-state index in [2.05, 4.69) is 10.5 Å². The molecule has 1 N–H and O–H groups in total. The molecule has 7 heteroatoms. The van der Waals surface area contributed by atoms with Gasteiger partial charge in [0.15, 0.2) is 6.10 Å². The molecule has 0 bridgehead atoms. The Morgan fingerprint density at radius 3 is 2.76 bits per heavy atom. The third-order valence-corrected chi connectivity index (χ3v) is 4.38. The number of aromatic nitrogens is 1. The lowest BCUT2D eigenvalue weighted by molar-refractivity contribution is -0.127. The van der Waals surface area contributed by atoms with Gasteiger partial charge in [0.25, 0.3) is 5.91 Å². The fraction of sp³-hybridized carbons (Fsp3) is 0.389.